The zero-order chi connectivity index (χ0) is 37.9. The van der Waals surface area contributed by atoms with Crippen LogP contribution in [-0.4, -0.2) is 110 Å². The summed E-state index contributed by atoms with van der Waals surface area (Å²) in [5, 5.41) is 23.9. The Bertz CT molecular complexity index is 1930. The number of carboxylic acids is 1. The summed E-state index contributed by atoms with van der Waals surface area (Å²) >= 11 is 13.0. The Balaban J connectivity index is 1.09. The van der Waals surface area contributed by atoms with Gasteiger partial charge >= 0.3 is 5.97 Å². The van der Waals surface area contributed by atoms with Crippen LogP contribution in [0.25, 0.3) is 0 Å². The van der Waals surface area contributed by atoms with Crippen molar-refractivity contribution < 1.29 is 29.0 Å². The van der Waals surface area contributed by atoms with E-state index in [1.165, 1.54) is 5.01 Å². The molecule has 3 aromatic rings. The molecule has 7 rings (SSSR count). The second kappa shape index (κ2) is 16.1. The third kappa shape index (κ3) is 7.60. The summed E-state index contributed by atoms with van der Waals surface area (Å²) in [6.45, 7) is 3.67. The van der Waals surface area contributed by atoms with Crippen molar-refractivity contribution in [3.8, 4) is 5.75 Å². The Morgan fingerprint density at radius 1 is 0.963 bits per heavy atom. The van der Waals surface area contributed by atoms with Crippen LogP contribution in [0.2, 0.25) is 10.0 Å². The molecule has 284 valence electrons. The predicted octanol–water partition coefficient (Wildman–Crippen LogP) is 5.52. The lowest BCUT2D eigenvalue weighted by atomic mass is 9.71. The quantitative estimate of drug-likeness (QED) is 0.259. The molecule has 3 atom stereocenters. The summed E-state index contributed by atoms with van der Waals surface area (Å²) in [5.74, 6) is -0.902. The monoisotopic (exact) mass is 775 g/mol. The van der Waals surface area contributed by atoms with E-state index in [1.807, 2.05) is 65.6 Å². The van der Waals surface area contributed by atoms with E-state index < -0.39 is 22.8 Å². The fraction of sp³-hybridized carbons (Fsp3) is 0.436. The van der Waals surface area contributed by atoms with E-state index in [1.54, 1.807) is 19.4 Å². The van der Waals surface area contributed by atoms with Gasteiger partial charge < -0.3 is 24.4 Å². The Kier molecular flexibility index (Phi) is 11.3. The minimum atomic E-state index is -1.04. The van der Waals surface area contributed by atoms with Gasteiger partial charge in [-0.05, 0) is 91.5 Å². The molecule has 2 amide bonds. The van der Waals surface area contributed by atoms with Gasteiger partial charge in [0.05, 0.1) is 47.6 Å². The smallest absolute Gasteiger partial charge is 0.325 e. The maximum atomic E-state index is 14.2. The highest BCUT2D eigenvalue weighted by Gasteiger charge is 2.46. The number of ether oxygens (including phenoxy) is 2. The molecule has 0 saturated carbocycles. The van der Waals surface area contributed by atoms with E-state index in [4.69, 9.17) is 32.7 Å². The van der Waals surface area contributed by atoms with Gasteiger partial charge in [-0.25, -0.2) is 5.01 Å². The lowest BCUT2D eigenvalue weighted by molar-refractivity contribution is -0.156. The maximum Gasteiger partial charge on any atom is 0.325 e. The number of hydrogen-bond donors (Lipinski definition) is 2. The van der Waals surface area contributed by atoms with Gasteiger partial charge in [-0.1, -0.05) is 65.7 Å². The number of nitrogens with zero attached hydrogens (tertiary/aromatic N) is 6. The second-order valence-corrected chi connectivity index (χ2v) is 15.2. The molecule has 4 aliphatic rings. The van der Waals surface area contributed by atoms with E-state index in [9.17, 15) is 19.5 Å². The Hall–Kier alpha value is -4.40. The van der Waals surface area contributed by atoms with Crippen molar-refractivity contribution in [1.29, 1.82) is 0 Å². The molecular formula is C39H43Cl2N7O6. The van der Waals surface area contributed by atoms with Crippen LogP contribution in [0.5, 0.6) is 5.75 Å². The average Bonchev–Trinajstić information content (AvgIpc) is 3.90. The summed E-state index contributed by atoms with van der Waals surface area (Å²) in [6, 6.07) is 19.6. The topological polar surface area (TPSA) is 149 Å². The zero-order valence-electron chi connectivity index (χ0n) is 30.0. The van der Waals surface area contributed by atoms with Crippen LogP contribution in [0, 0.1) is 0 Å². The van der Waals surface area contributed by atoms with Crippen molar-refractivity contribution in [2.75, 3.05) is 59.6 Å². The van der Waals surface area contributed by atoms with Crippen LogP contribution in [0.4, 0.5) is 0 Å². The predicted molar refractivity (Wildman–Crippen MR) is 203 cm³/mol. The Labute approximate surface area is 323 Å². The van der Waals surface area contributed by atoms with Crippen molar-refractivity contribution in [3.05, 3.63) is 99.0 Å². The van der Waals surface area contributed by atoms with Crippen LogP contribution < -0.4 is 10.2 Å². The van der Waals surface area contributed by atoms with E-state index in [2.05, 4.69) is 25.8 Å². The summed E-state index contributed by atoms with van der Waals surface area (Å²) in [5.41, 5.74) is 4.91. The molecule has 15 heteroatoms. The highest BCUT2D eigenvalue weighted by Crippen LogP contribution is 2.43. The first-order valence-electron chi connectivity index (χ1n) is 18.1. The number of nitrogens with one attached hydrogen (secondary N) is 1. The Morgan fingerprint density at radius 3 is 2.46 bits per heavy atom. The summed E-state index contributed by atoms with van der Waals surface area (Å²) in [4.78, 5) is 44.6. The number of halogens is 2. The first-order chi connectivity index (χ1) is 26.1. The fourth-order valence-corrected chi connectivity index (χ4v) is 8.48. The van der Waals surface area contributed by atoms with Crippen LogP contribution in [0.15, 0.2) is 82.2 Å². The van der Waals surface area contributed by atoms with Crippen molar-refractivity contribution in [2.24, 2.45) is 15.4 Å². The highest BCUT2D eigenvalue weighted by atomic mass is 35.5. The molecule has 3 aromatic carbocycles. The lowest BCUT2D eigenvalue weighted by Crippen LogP contribution is -2.62. The van der Waals surface area contributed by atoms with Crippen molar-refractivity contribution in [1.82, 2.24) is 20.2 Å². The van der Waals surface area contributed by atoms with E-state index in [-0.39, 0.29) is 31.0 Å². The van der Waals surface area contributed by atoms with Gasteiger partial charge in [0.15, 0.2) is 0 Å². The van der Waals surface area contributed by atoms with E-state index in [0.717, 1.165) is 36.1 Å². The SMILES string of the molecule is COc1ccc(C2C=NN=N2)cc1C(=O)N1CCC(CCN2CCC(C(=O)NN3CCOCC3C(=O)O)(c3ccccc3)CC2)(c2ccc(Cl)c(Cl)c2)C1. The molecule has 4 heterocycles. The molecule has 3 saturated heterocycles. The highest BCUT2D eigenvalue weighted by molar-refractivity contribution is 6.42. The minimum Gasteiger partial charge on any atom is -0.496 e. The molecule has 13 nitrogen and oxygen atoms in total. The van der Waals surface area contributed by atoms with Gasteiger partial charge in [-0.15, -0.1) is 5.10 Å². The first-order valence-corrected chi connectivity index (χ1v) is 18.9. The number of hydrazine groups is 1. The van der Waals surface area contributed by atoms with Gasteiger partial charge in [0, 0.05) is 25.0 Å². The van der Waals surface area contributed by atoms with Crippen LogP contribution in [0.3, 0.4) is 0 Å². The average molecular weight is 777 g/mol. The first kappa shape index (κ1) is 37.9. The van der Waals surface area contributed by atoms with Crippen molar-refractivity contribution in [3.63, 3.8) is 0 Å². The Morgan fingerprint density at radius 2 is 1.76 bits per heavy atom. The molecule has 2 N–H and O–H groups in total. The number of methoxy groups -OCH3 is 1. The third-order valence-electron chi connectivity index (χ3n) is 11.4. The number of amides is 2. The number of benzene rings is 3. The molecule has 0 radical (unpaired) electrons. The number of likely N-dealkylation sites (tertiary alicyclic amines) is 2. The largest absolute Gasteiger partial charge is 0.496 e. The van der Waals surface area contributed by atoms with Gasteiger partial charge in [-0.3, -0.25) is 19.8 Å². The standard InChI is InChI=1S/C39H43Cl2N7O6/c1-53-34-10-7-26(32-23-42-45-43-32)21-29(34)35(49)47-18-12-38(25-47,28-8-9-30(40)31(41)22-28)11-15-46-16-13-39(14-17-46,27-5-3-2-4-6-27)37(52)44-48-19-20-54-24-33(48)36(50)51/h2-10,21-23,32-33H,11-20,24-25H2,1H3,(H,44,52)(H,50,51). The molecule has 0 bridgehead atoms. The molecule has 0 aromatic heterocycles. The number of carbonyl (C=O) groups is 3. The number of rotatable bonds is 11. The number of aliphatic carboxylic acids is 1. The van der Waals surface area contributed by atoms with Crippen molar-refractivity contribution in [2.45, 2.75) is 48.6 Å². The van der Waals surface area contributed by atoms with Crippen LogP contribution in [0.1, 0.15) is 58.8 Å². The fourth-order valence-electron chi connectivity index (χ4n) is 8.18. The van der Waals surface area contributed by atoms with Gasteiger partial charge in [0.2, 0.25) is 5.91 Å². The molecule has 0 aliphatic carbocycles. The second-order valence-electron chi connectivity index (χ2n) is 14.4. The number of carboxylic acid groups (broad SMARTS) is 1. The zero-order valence-corrected chi connectivity index (χ0v) is 31.5. The molecule has 3 fully saturated rings. The lowest BCUT2D eigenvalue weighted by Gasteiger charge is -2.44. The molecule has 0 spiro atoms. The molecular weight excluding hydrogens is 733 g/mol. The normalized spacial score (nSPS) is 24.1. The maximum absolute atomic E-state index is 14.2. The number of piperidine rings is 1. The molecule has 3 unspecified atom stereocenters. The minimum absolute atomic E-state index is 0.00777. The van der Waals surface area contributed by atoms with Gasteiger partial charge in [0.25, 0.3) is 5.91 Å². The summed E-state index contributed by atoms with van der Waals surface area (Å²) < 4.78 is 11.0. The summed E-state index contributed by atoms with van der Waals surface area (Å²) in [7, 11) is 1.55. The molecule has 54 heavy (non-hydrogen) atoms. The number of hydrogen-bond acceptors (Lipinski definition) is 10. The van der Waals surface area contributed by atoms with Gasteiger partial charge in [0.1, 0.15) is 17.8 Å². The van der Waals surface area contributed by atoms with Gasteiger partial charge in [-0.2, -0.15) is 5.11 Å². The van der Waals surface area contributed by atoms with Crippen molar-refractivity contribution >= 4 is 47.2 Å². The number of carbonyl (C=O) groups excluding carboxylic acids is 2. The third-order valence-corrected chi connectivity index (χ3v) is 12.2. The molecule has 4 aliphatic heterocycles. The number of morpholine rings is 1. The summed E-state index contributed by atoms with van der Waals surface area (Å²) in [6.07, 6.45) is 4.20. The van der Waals surface area contributed by atoms with Crippen LogP contribution >= 0.6 is 23.2 Å². The van der Waals surface area contributed by atoms with E-state index >= 15 is 0 Å². The van der Waals surface area contributed by atoms with Crippen LogP contribution in [-0.2, 0) is 25.2 Å². The van der Waals surface area contributed by atoms with E-state index in [0.29, 0.717) is 67.0 Å².